The maximum Gasteiger partial charge on any atom is 0.139 e. The van der Waals surface area contributed by atoms with Gasteiger partial charge in [0.05, 0.1) is 0 Å². The van der Waals surface area contributed by atoms with Gasteiger partial charge in [-0.3, -0.25) is 4.98 Å². The van der Waals surface area contributed by atoms with Gasteiger partial charge in [0, 0.05) is 23.5 Å². The van der Waals surface area contributed by atoms with Crippen LogP contribution in [0.25, 0.3) is 0 Å². The van der Waals surface area contributed by atoms with E-state index in [4.69, 9.17) is 22.1 Å². The zero-order valence-electron chi connectivity index (χ0n) is 10.8. The first-order valence-electron chi connectivity index (χ1n) is 6.28. The summed E-state index contributed by atoms with van der Waals surface area (Å²) < 4.78 is 6.00. The first-order valence-corrected chi connectivity index (χ1v) is 6.66. The Morgan fingerprint density at radius 2 is 2.00 bits per heavy atom. The standard InChI is InChI=1S/C15H17ClN2O/c1-2-14(17)15(11-6-8-18-9-7-11)19-13-5-3-4-12(16)10-13/h3-10,14-15H,2,17H2,1H3. The van der Waals surface area contributed by atoms with Crippen molar-refractivity contribution in [1.82, 2.24) is 4.98 Å². The minimum atomic E-state index is -0.202. The summed E-state index contributed by atoms with van der Waals surface area (Å²) in [6.07, 6.45) is 4.11. The summed E-state index contributed by atoms with van der Waals surface area (Å²) in [6, 6.07) is 11.1. The third-order valence-electron chi connectivity index (χ3n) is 2.95. The molecule has 2 aromatic rings. The molecule has 0 fully saturated rings. The van der Waals surface area contributed by atoms with E-state index in [0.29, 0.717) is 5.02 Å². The molecule has 0 aliphatic carbocycles. The summed E-state index contributed by atoms with van der Waals surface area (Å²) in [5, 5.41) is 0.649. The number of ether oxygens (including phenoxy) is 1. The highest BCUT2D eigenvalue weighted by Gasteiger charge is 2.20. The molecule has 0 saturated carbocycles. The highest BCUT2D eigenvalue weighted by molar-refractivity contribution is 6.30. The molecule has 2 atom stereocenters. The van der Waals surface area contributed by atoms with Crippen molar-refractivity contribution >= 4 is 11.6 Å². The Balaban J connectivity index is 2.24. The summed E-state index contributed by atoms with van der Waals surface area (Å²) in [4.78, 5) is 4.02. The summed E-state index contributed by atoms with van der Waals surface area (Å²) >= 11 is 5.97. The number of rotatable bonds is 5. The molecule has 2 unspecified atom stereocenters. The van der Waals surface area contributed by atoms with Gasteiger partial charge < -0.3 is 10.5 Å². The Hall–Kier alpha value is -1.58. The van der Waals surface area contributed by atoms with Gasteiger partial charge in [-0.25, -0.2) is 0 Å². The number of hydrogen-bond acceptors (Lipinski definition) is 3. The first kappa shape index (κ1) is 13.8. The number of nitrogens with zero attached hydrogens (tertiary/aromatic N) is 1. The van der Waals surface area contributed by atoms with Crippen molar-refractivity contribution in [3.8, 4) is 5.75 Å². The SMILES string of the molecule is CCC(N)C(Oc1cccc(Cl)c1)c1ccncc1. The van der Waals surface area contributed by atoms with Crippen LogP contribution in [0, 0.1) is 0 Å². The maximum absolute atomic E-state index is 6.16. The van der Waals surface area contributed by atoms with Crippen LogP contribution in [0.15, 0.2) is 48.8 Å². The van der Waals surface area contributed by atoms with Crippen molar-refractivity contribution in [2.45, 2.75) is 25.5 Å². The van der Waals surface area contributed by atoms with Crippen LogP contribution in [-0.4, -0.2) is 11.0 Å². The van der Waals surface area contributed by atoms with E-state index in [2.05, 4.69) is 4.98 Å². The van der Waals surface area contributed by atoms with Gasteiger partial charge in [0.25, 0.3) is 0 Å². The van der Waals surface area contributed by atoms with Crippen LogP contribution in [0.5, 0.6) is 5.75 Å². The molecule has 2 rings (SSSR count). The van der Waals surface area contributed by atoms with Gasteiger partial charge in [-0.15, -0.1) is 0 Å². The summed E-state index contributed by atoms with van der Waals surface area (Å²) in [5.74, 6) is 0.721. The van der Waals surface area contributed by atoms with E-state index in [1.165, 1.54) is 0 Å². The fraction of sp³-hybridized carbons (Fsp3) is 0.267. The first-order chi connectivity index (χ1) is 9.20. The molecule has 0 saturated heterocycles. The van der Waals surface area contributed by atoms with E-state index in [1.54, 1.807) is 18.5 Å². The predicted octanol–water partition coefficient (Wildman–Crippen LogP) is 3.59. The highest BCUT2D eigenvalue weighted by atomic mass is 35.5. The van der Waals surface area contributed by atoms with Crippen LogP contribution >= 0.6 is 11.6 Å². The third-order valence-corrected chi connectivity index (χ3v) is 3.19. The number of nitrogens with two attached hydrogens (primary N) is 1. The second kappa shape index (κ2) is 6.55. The second-order valence-electron chi connectivity index (χ2n) is 4.35. The molecule has 3 nitrogen and oxygen atoms in total. The molecule has 4 heteroatoms. The fourth-order valence-corrected chi connectivity index (χ4v) is 2.04. The molecule has 0 radical (unpaired) electrons. The fourth-order valence-electron chi connectivity index (χ4n) is 1.86. The van der Waals surface area contributed by atoms with Crippen molar-refractivity contribution in [3.05, 3.63) is 59.4 Å². The van der Waals surface area contributed by atoms with Crippen molar-refractivity contribution in [1.29, 1.82) is 0 Å². The van der Waals surface area contributed by atoms with Crippen LogP contribution in [0.3, 0.4) is 0 Å². The van der Waals surface area contributed by atoms with E-state index in [9.17, 15) is 0 Å². The van der Waals surface area contributed by atoms with Crippen molar-refractivity contribution < 1.29 is 4.74 Å². The molecule has 1 aromatic heterocycles. The van der Waals surface area contributed by atoms with Crippen LogP contribution in [-0.2, 0) is 0 Å². The zero-order valence-corrected chi connectivity index (χ0v) is 11.5. The highest BCUT2D eigenvalue weighted by Crippen LogP contribution is 2.26. The number of hydrogen-bond donors (Lipinski definition) is 1. The minimum Gasteiger partial charge on any atom is -0.484 e. The van der Waals surface area contributed by atoms with E-state index in [0.717, 1.165) is 17.7 Å². The van der Waals surface area contributed by atoms with Crippen LogP contribution in [0.4, 0.5) is 0 Å². The van der Waals surface area contributed by atoms with Crippen molar-refractivity contribution in [2.75, 3.05) is 0 Å². The van der Waals surface area contributed by atoms with Crippen LogP contribution in [0.2, 0.25) is 5.02 Å². The lowest BCUT2D eigenvalue weighted by Gasteiger charge is -2.24. The minimum absolute atomic E-state index is 0.0821. The van der Waals surface area contributed by atoms with Crippen LogP contribution in [0.1, 0.15) is 25.0 Å². The lowest BCUT2D eigenvalue weighted by Crippen LogP contribution is -2.31. The van der Waals surface area contributed by atoms with E-state index < -0.39 is 0 Å². The molecule has 1 heterocycles. The maximum atomic E-state index is 6.16. The average Bonchev–Trinajstić information content (AvgIpc) is 2.45. The van der Waals surface area contributed by atoms with E-state index in [-0.39, 0.29) is 12.1 Å². The molecule has 0 amide bonds. The molecule has 2 N–H and O–H groups in total. The average molecular weight is 277 g/mol. The lowest BCUT2D eigenvalue weighted by molar-refractivity contribution is 0.171. The molecule has 0 spiro atoms. The molecule has 0 aliphatic rings. The molecular formula is C15H17ClN2O. The van der Waals surface area contributed by atoms with E-state index >= 15 is 0 Å². The molecule has 1 aromatic carbocycles. The van der Waals surface area contributed by atoms with Gasteiger partial charge in [0.15, 0.2) is 0 Å². The number of pyridine rings is 1. The van der Waals surface area contributed by atoms with Gasteiger partial charge in [0.2, 0.25) is 0 Å². The van der Waals surface area contributed by atoms with Gasteiger partial charge in [0.1, 0.15) is 11.9 Å². The molecule has 0 aliphatic heterocycles. The number of halogens is 1. The quantitative estimate of drug-likeness (QED) is 0.908. The van der Waals surface area contributed by atoms with Gasteiger partial charge >= 0.3 is 0 Å². The van der Waals surface area contributed by atoms with Crippen molar-refractivity contribution in [2.24, 2.45) is 5.73 Å². The van der Waals surface area contributed by atoms with Gasteiger partial charge in [-0.1, -0.05) is 24.6 Å². The van der Waals surface area contributed by atoms with E-state index in [1.807, 2.05) is 37.3 Å². The Morgan fingerprint density at radius 3 is 2.63 bits per heavy atom. The largest absolute Gasteiger partial charge is 0.484 e. The predicted molar refractivity (Wildman–Crippen MR) is 77.3 cm³/mol. The topological polar surface area (TPSA) is 48.1 Å². The monoisotopic (exact) mass is 276 g/mol. The van der Waals surface area contributed by atoms with Gasteiger partial charge in [-0.05, 0) is 42.3 Å². The Morgan fingerprint density at radius 1 is 1.26 bits per heavy atom. The summed E-state index contributed by atoms with van der Waals surface area (Å²) in [5.41, 5.74) is 7.17. The summed E-state index contributed by atoms with van der Waals surface area (Å²) in [7, 11) is 0. The lowest BCUT2D eigenvalue weighted by atomic mass is 10.0. The molecule has 0 bridgehead atoms. The normalized spacial score (nSPS) is 13.8. The molecule has 19 heavy (non-hydrogen) atoms. The smallest absolute Gasteiger partial charge is 0.139 e. The molecular weight excluding hydrogens is 260 g/mol. The van der Waals surface area contributed by atoms with Gasteiger partial charge in [-0.2, -0.15) is 0 Å². The Kier molecular flexibility index (Phi) is 4.77. The Bertz CT molecular complexity index is 519. The molecule has 100 valence electrons. The second-order valence-corrected chi connectivity index (χ2v) is 4.78. The van der Waals surface area contributed by atoms with Crippen LogP contribution < -0.4 is 10.5 Å². The zero-order chi connectivity index (χ0) is 13.7. The number of benzene rings is 1. The Labute approximate surface area is 118 Å². The van der Waals surface area contributed by atoms with Crippen molar-refractivity contribution in [3.63, 3.8) is 0 Å². The number of aromatic nitrogens is 1. The summed E-state index contributed by atoms with van der Waals surface area (Å²) in [6.45, 7) is 2.04. The third kappa shape index (κ3) is 3.69.